The molecule has 0 saturated carbocycles. The molecule has 0 radical (unpaired) electrons. The Morgan fingerprint density at radius 3 is 2.94 bits per heavy atom. The van der Waals surface area contributed by atoms with E-state index < -0.39 is 5.54 Å². The van der Waals surface area contributed by atoms with Crippen LogP contribution in [0.4, 0.5) is 0 Å². The molecule has 1 atom stereocenters. The van der Waals surface area contributed by atoms with Crippen LogP contribution in [0, 0.1) is 11.3 Å². The number of nitriles is 1. The summed E-state index contributed by atoms with van der Waals surface area (Å²) < 4.78 is 0. The van der Waals surface area contributed by atoms with Crippen LogP contribution in [0.5, 0.6) is 0 Å². The van der Waals surface area contributed by atoms with Gasteiger partial charge in [0.2, 0.25) is 0 Å². The highest BCUT2D eigenvalue weighted by Gasteiger charge is 2.34. The fourth-order valence-corrected chi connectivity index (χ4v) is 2.60. The fourth-order valence-electron chi connectivity index (χ4n) is 2.60. The first-order valence-corrected chi connectivity index (χ1v) is 6.18. The summed E-state index contributed by atoms with van der Waals surface area (Å²) in [4.78, 5) is 0. The Bertz CT molecular complexity index is 424. The molecule has 3 nitrogen and oxygen atoms in total. The lowest BCUT2D eigenvalue weighted by atomic mass is 9.85. The average Bonchev–Trinajstić information content (AvgIpc) is 2.57. The van der Waals surface area contributed by atoms with Crippen LogP contribution in [0.2, 0.25) is 0 Å². The Morgan fingerprint density at radius 2 is 2.18 bits per heavy atom. The third kappa shape index (κ3) is 2.33. The number of hydrogen-bond acceptors (Lipinski definition) is 3. The van der Waals surface area contributed by atoms with E-state index in [-0.39, 0.29) is 6.61 Å². The summed E-state index contributed by atoms with van der Waals surface area (Å²) in [5.41, 5.74) is 1.74. The molecule has 0 heterocycles. The average molecular weight is 230 g/mol. The molecule has 2 N–H and O–H groups in total. The lowest BCUT2D eigenvalue weighted by Crippen LogP contribution is -2.42. The number of benzene rings is 1. The number of fused-ring (bicyclic) bond motifs is 1. The number of aliphatic hydroxyl groups excluding tert-OH is 1. The summed E-state index contributed by atoms with van der Waals surface area (Å²) >= 11 is 0. The molecule has 1 aromatic rings. The SMILES string of the molecule is N#CC1(NCCO)CCCCc2ccccc21. The molecule has 0 aliphatic heterocycles. The van der Waals surface area contributed by atoms with Gasteiger partial charge in [-0.1, -0.05) is 24.3 Å². The molecule has 0 bridgehead atoms. The van der Waals surface area contributed by atoms with Gasteiger partial charge in [-0.3, -0.25) is 5.32 Å². The minimum atomic E-state index is -0.615. The maximum Gasteiger partial charge on any atom is 0.132 e. The minimum Gasteiger partial charge on any atom is -0.395 e. The standard InChI is InChI=1S/C14H18N2O/c15-11-14(16-9-10-17)8-4-3-6-12-5-1-2-7-13(12)14/h1-2,5,7,16-17H,3-4,6,8-10H2. The van der Waals surface area contributed by atoms with Gasteiger partial charge < -0.3 is 5.11 Å². The van der Waals surface area contributed by atoms with Gasteiger partial charge in [0.25, 0.3) is 0 Å². The lowest BCUT2D eigenvalue weighted by molar-refractivity contribution is 0.267. The van der Waals surface area contributed by atoms with Gasteiger partial charge >= 0.3 is 0 Å². The third-order valence-electron chi connectivity index (χ3n) is 3.45. The number of nitrogens with zero attached hydrogens (tertiary/aromatic N) is 1. The number of aryl methyl sites for hydroxylation is 1. The Morgan fingerprint density at radius 1 is 1.35 bits per heavy atom. The monoisotopic (exact) mass is 230 g/mol. The molecule has 17 heavy (non-hydrogen) atoms. The molecule has 3 heteroatoms. The molecule has 1 aliphatic carbocycles. The van der Waals surface area contributed by atoms with Gasteiger partial charge in [-0.2, -0.15) is 5.26 Å². The van der Waals surface area contributed by atoms with E-state index in [0.29, 0.717) is 6.54 Å². The van der Waals surface area contributed by atoms with E-state index in [1.165, 1.54) is 5.56 Å². The molecule has 1 aromatic carbocycles. The zero-order chi connectivity index (χ0) is 12.1. The summed E-state index contributed by atoms with van der Waals surface area (Å²) in [5.74, 6) is 0. The van der Waals surface area contributed by atoms with Crippen molar-refractivity contribution in [3.63, 3.8) is 0 Å². The van der Waals surface area contributed by atoms with Crippen molar-refractivity contribution in [2.24, 2.45) is 0 Å². The van der Waals surface area contributed by atoms with Crippen LogP contribution in [0.1, 0.15) is 30.4 Å². The van der Waals surface area contributed by atoms with Crippen molar-refractivity contribution in [2.75, 3.05) is 13.2 Å². The Kier molecular flexibility index (Phi) is 3.78. The van der Waals surface area contributed by atoms with Crippen LogP contribution in [-0.2, 0) is 12.0 Å². The van der Waals surface area contributed by atoms with Crippen molar-refractivity contribution in [2.45, 2.75) is 31.2 Å². The van der Waals surface area contributed by atoms with Crippen molar-refractivity contribution < 1.29 is 5.11 Å². The van der Waals surface area contributed by atoms with Crippen LogP contribution >= 0.6 is 0 Å². The quantitative estimate of drug-likeness (QED) is 0.777. The van der Waals surface area contributed by atoms with E-state index in [1.807, 2.05) is 18.2 Å². The van der Waals surface area contributed by atoms with Gasteiger partial charge in [-0.15, -0.1) is 0 Å². The Hall–Kier alpha value is -1.37. The first kappa shape index (κ1) is 12.1. The summed E-state index contributed by atoms with van der Waals surface area (Å²) in [6, 6.07) is 10.6. The fraction of sp³-hybridized carbons (Fsp3) is 0.500. The molecular formula is C14H18N2O. The smallest absolute Gasteiger partial charge is 0.132 e. The largest absolute Gasteiger partial charge is 0.395 e. The first-order valence-electron chi connectivity index (χ1n) is 6.18. The van der Waals surface area contributed by atoms with Crippen molar-refractivity contribution >= 4 is 0 Å². The third-order valence-corrected chi connectivity index (χ3v) is 3.45. The molecule has 1 unspecified atom stereocenters. The Balaban J connectivity index is 2.41. The van der Waals surface area contributed by atoms with Gasteiger partial charge in [0.05, 0.1) is 12.7 Å². The van der Waals surface area contributed by atoms with Gasteiger partial charge in [-0.05, 0) is 36.8 Å². The predicted molar refractivity (Wildman–Crippen MR) is 66.4 cm³/mol. The number of nitrogens with one attached hydrogen (secondary N) is 1. The van der Waals surface area contributed by atoms with Crippen LogP contribution in [-0.4, -0.2) is 18.3 Å². The highest BCUT2D eigenvalue weighted by molar-refractivity contribution is 5.39. The number of rotatable bonds is 3. The van der Waals surface area contributed by atoms with Gasteiger partial charge in [0, 0.05) is 6.54 Å². The highest BCUT2D eigenvalue weighted by Crippen LogP contribution is 2.33. The highest BCUT2D eigenvalue weighted by atomic mass is 16.3. The van der Waals surface area contributed by atoms with E-state index in [1.54, 1.807) is 0 Å². The topological polar surface area (TPSA) is 56.0 Å². The van der Waals surface area contributed by atoms with E-state index in [9.17, 15) is 5.26 Å². The molecule has 0 fully saturated rings. The second-order valence-corrected chi connectivity index (χ2v) is 4.53. The maximum atomic E-state index is 9.55. The molecule has 1 aliphatic rings. The summed E-state index contributed by atoms with van der Waals surface area (Å²) in [6.45, 7) is 0.521. The molecule has 90 valence electrons. The van der Waals surface area contributed by atoms with Crippen molar-refractivity contribution in [3.8, 4) is 6.07 Å². The van der Waals surface area contributed by atoms with Crippen molar-refractivity contribution in [1.29, 1.82) is 5.26 Å². The van der Waals surface area contributed by atoms with Crippen LogP contribution in [0.3, 0.4) is 0 Å². The predicted octanol–water partition coefficient (Wildman–Crippen LogP) is 1.71. The van der Waals surface area contributed by atoms with Crippen LogP contribution in [0.15, 0.2) is 24.3 Å². The minimum absolute atomic E-state index is 0.0611. The molecule has 2 rings (SSSR count). The summed E-state index contributed by atoms with van der Waals surface area (Å²) in [5, 5.41) is 21.7. The van der Waals surface area contributed by atoms with E-state index in [2.05, 4.69) is 17.5 Å². The normalized spacial score (nSPS) is 23.5. The van der Waals surface area contributed by atoms with E-state index in [4.69, 9.17) is 5.11 Å². The second kappa shape index (κ2) is 5.31. The van der Waals surface area contributed by atoms with Crippen molar-refractivity contribution in [3.05, 3.63) is 35.4 Å². The molecule has 0 spiro atoms. The molecule has 0 amide bonds. The Labute approximate surface area is 102 Å². The van der Waals surface area contributed by atoms with Gasteiger partial charge in [-0.25, -0.2) is 0 Å². The number of hydrogen-bond donors (Lipinski definition) is 2. The second-order valence-electron chi connectivity index (χ2n) is 4.53. The van der Waals surface area contributed by atoms with Gasteiger partial charge in [0.1, 0.15) is 5.54 Å². The lowest BCUT2D eigenvalue weighted by Gasteiger charge is -2.28. The van der Waals surface area contributed by atoms with Crippen LogP contribution in [0.25, 0.3) is 0 Å². The van der Waals surface area contributed by atoms with E-state index >= 15 is 0 Å². The zero-order valence-electron chi connectivity index (χ0n) is 9.95. The molecule has 0 aromatic heterocycles. The maximum absolute atomic E-state index is 9.55. The van der Waals surface area contributed by atoms with Crippen LogP contribution < -0.4 is 5.32 Å². The van der Waals surface area contributed by atoms with Crippen molar-refractivity contribution in [1.82, 2.24) is 5.32 Å². The summed E-state index contributed by atoms with van der Waals surface area (Å²) in [6.07, 6.45) is 4.03. The first-order chi connectivity index (χ1) is 8.32. The summed E-state index contributed by atoms with van der Waals surface area (Å²) in [7, 11) is 0. The number of aliphatic hydroxyl groups is 1. The van der Waals surface area contributed by atoms with E-state index in [0.717, 1.165) is 31.2 Å². The molecular weight excluding hydrogens is 212 g/mol. The molecule has 0 saturated heterocycles. The van der Waals surface area contributed by atoms with Gasteiger partial charge in [0.15, 0.2) is 0 Å². The zero-order valence-corrected chi connectivity index (χ0v) is 9.95.